The predicted octanol–water partition coefficient (Wildman–Crippen LogP) is 1.11. The minimum Gasteiger partial charge on any atom is -0.0633 e. The van der Waals surface area contributed by atoms with Gasteiger partial charge in [0, 0.05) is 0 Å². The van der Waals surface area contributed by atoms with Gasteiger partial charge < -0.3 is 0 Å². The molecular weight excluding hydrogens is 184 g/mol. The molecule has 0 heterocycles. The van der Waals surface area contributed by atoms with Gasteiger partial charge in [-0.3, -0.25) is 0 Å². The lowest BCUT2D eigenvalue weighted by Gasteiger charge is -2.01. The third kappa shape index (κ3) is 2.33. The maximum atomic E-state index is 2.30. The number of rotatable bonds is 2. The van der Waals surface area contributed by atoms with Gasteiger partial charge in [-0.25, -0.2) is 0 Å². The highest BCUT2D eigenvalue weighted by Gasteiger charge is 1.95. The molecule has 14 heavy (non-hydrogen) atoms. The summed E-state index contributed by atoms with van der Waals surface area (Å²) in [6, 6.07) is 19.6. The lowest BCUT2D eigenvalue weighted by Crippen LogP contribution is -2.26. The summed E-state index contributed by atoms with van der Waals surface area (Å²) in [5, 5.41) is 3.04. The molecule has 0 unspecified atom stereocenters. The third-order valence-corrected chi connectivity index (χ3v) is 4.06. The van der Waals surface area contributed by atoms with E-state index >= 15 is 0 Å². The molecule has 0 amide bonds. The Morgan fingerprint density at radius 2 is 1.50 bits per heavy atom. The van der Waals surface area contributed by atoms with Crippen LogP contribution in [0.2, 0.25) is 0 Å². The molecule has 0 aromatic heterocycles. The van der Waals surface area contributed by atoms with Crippen molar-refractivity contribution in [3.8, 4) is 0 Å². The van der Waals surface area contributed by atoms with Crippen LogP contribution in [0.5, 0.6) is 0 Å². The molecule has 0 spiro atoms. The zero-order valence-electron chi connectivity index (χ0n) is 8.40. The number of hydrogen-bond donors (Lipinski definition) is 0. The van der Waals surface area contributed by atoms with Crippen LogP contribution >= 0.6 is 0 Å². The fourth-order valence-corrected chi connectivity index (χ4v) is 3.31. The van der Waals surface area contributed by atoms with Crippen LogP contribution in [0.1, 0.15) is 5.56 Å². The van der Waals surface area contributed by atoms with E-state index in [0.29, 0.717) is 0 Å². The zero-order valence-corrected chi connectivity index (χ0v) is 9.82. The largest absolute Gasteiger partial charge is 0.0875 e. The fraction of sp³-hybridized carbons (Fsp3) is 0.0769. The van der Waals surface area contributed by atoms with Gasteiger partial charge in [0.25, 0.3) is 0 Å². The number of hydrogen-bond acceptors (Lipinski definition) is 0. The summed E-state index contributed by atoms with van der Waals surface area (Å²) in [6.45, 7) is 2.16. The van der Waals surface area contributed by atoms with E-state index < -0.39 is 0 Å². The molecule has 0 aliphatic rings. The predicted molar refractivity (Wildman–Crippen MR) is 65.4 cm³/mol. The van der Waals surface area contributed by atoms with Gasteiger partial charge in [-0.15, -0.1) is 0 Å². The summed E-state index contributed by atoms with van der Waals surface area (Å²) in [7, 11) is -0.256. The molecule has 0 bridgehead atoms. The second-order valence-corrected chi connectivity index (χ2v) is 5.64. The highest BCUT2D eigenvalue weighted by atomic mass is 28.2. The van der Waals surface area contributed by atoms with E-state index in [0.717, 1.165) is 0 Å². The molecule has 2 aromatic rings. The third-order valence-electron chi connectivity index (χ3n) is 2.33. The van der Waals surface area contributed by atoms with Gasteiger partial charge in [0.05, 0.1) is 9.52 Å². The van der Waals surface area contributed by atoms with Gasteiger partial charge in [0.15, 0.2) is 0 Å². The Kier molecular flexibility index (Phi) is 2.80. The lowest BCUT2D eigenvalue weighted by molar-refractivity contribution is 1.49. The minimum atomic E-state index is -0.256. The Bertz CT molecular complexity index is 407. The molecule has 0 radical (unpaired) electrons. The van der Waals surface area contributed by atoms with Gasteiger partial charge in [0.2, 0.25) is 0 Å². The molecule has 0 aliphatic carbocycles. The second kappa shape index (κ2) is 4.25. The van der Waals surface area contributed by atoms with Gasteiger partial charge in [-0.1, -0.05) is 70.5 Å². The van der Waals surface area contributed by atoms with Crippen molar-refractivity contribution in [2.24, 2.45) is 0 Å². The highest BCUT2D eigenvalue weighted by Crippen LogP contribution is 1.92. The van der Waals surface area contributed by atoms with Crippen LogP contribution < -0.4 is 10.4 Å². The van der Waals surface area contributed by atoms with Gasteiger partial charge >= 0.3 is 0 Å². The van der Waals surface area contributed by atoms with Crippen molar-refractivity contribution < 1.29 is 0 Å². The Labute approximate surface area is 87.4 Å². The average molecular weight is 198 g/mol. The SMILES string of the molecule is Cc1cccc([SiH2]c2ccccc2)c1. The maximum absolute atomic E-state index is 2.30. The summed E-state index contributed by atoms with van der Waals surface area (Å²) in [6.07, 6.45) is 0. The molecule has 2 rings (SSSR count). The molecule has 0 saturated heterocycles. The monoisotopic (exact) mass is 198 g/mol. The topological polar surface area (TPSA) is 0 Å². The molecule has 0 saturated carbocycles. The Morgan fingerprint density at radius 3 is 2.21 bits per heavy atom. The summed E-state index contributed by atoms with van der Waals surface area (Å²) in [4.78, 5) is 0. The van der Waals surface area contributed by atoms with Gasteiger partial charge in [-0.05, 0) is 6.92 Å². The Morgan fingerprint density at radius 1 is 0.786 bits per heavy atom. The van der Waals surface area contributed by atoms with Crippen molar-refractivity contribution in [2.45, 2.75) is 6.92 Å². The van der Waals surface area contributed by atoms with Crippen molar-refractivity contribution in [1.82, 2.24) is 0 Å². The van der Waals surface area contributed by atoms with Crippen molar-refractivity contribution in [2.75, 3.05) is 0 Å². The number of benzene rings is 2. The van der Waals surface area contributed by atoms with Crippen molar-refractivity contribution in [1.29, 1.82) is 0 Å². The normalized spacial score (nSPS) is 10.9. The van der Waals surface area contributed by atoms with E-state index in [9.17, 15) is 0 Å². The molecule has 70 valence electrons. The molecule has 1 heteroatoms. The van der Waals surface area contributed by atoms with Crippen LogP contribution in [0.15, 0.2) is 54.6 Å². The second-order valence-electron chi connectivity index (χ2n) is 3.65. The van der Waals surface area contributed by atoms with Crippen LogP contribution in [0.4, 0.5) is 0 Å². The van der Waals surface area contributed by atoms with E-state index in [1.165, 1.54) is 15.9 Å². The smallest absolute Gasteiger partial charge is 0.0633 e. The summed E-state index contributed by atoms with van der Waals surface area (Å²) in [5.74, 6) is 0. The van der Waals surface area contributed by atoms with E-state index in [1.54, 1.807) is 0 Å². The van der Waals surface area contributed by atoms with Gasteiger partial charge in [0.1, 0.15) is 0 Å². The first kappa shape index (κ1) is 9.22. The van der Waals surface area contributed by atoms with Crippen LogP contribution in [-0.2, 0) is 0 Å². The van der Waals surface area contributed by atoms with Crippen molar-refractivity contribution in [3.05, 3.63) is 60.2 Å². The number of aryl methyl sites for hydroxylation is 1. The molecule has 2 aromatic carbocycles. The maximum Gasteiger partial charge on any atom is 0.0875 e. The highest BCUT2D eigenvalue weighted by molar-refractivity contribution is 6.67. The molecule has 0 N–H and O–H groups in total. The standard InChI is InChI=1S/C13H14Si/c1-11-6-5-9-13(10-11)14-12-7-3-2-4-8-12/h2-10H,14H2,1H3. The van der Waals surface area contributed by atoms with Crippen LogP contribution in [0, 0.1) is 6.92 Å². The first-order valence-corrected chi connectivity index (χ1v) is 6.35. The van der Waals surface area contributed by atoms with E-state index in [2.05, 4.69) is 61.5 Å². The Balaban J connectivity index is 2.19. The van der Waals surface area contributed by atoms with Crippen molar-refractivity contribution in [3.63, 3.8) is 0 Å². The summed E-state index contributed by atoms with van der Waals surface area (Å²) in [5.41, 5.74) is 1.37. The minimum absolute atomic E-state index is 0.256. The van der Waals surface area contributed by atoms with Crippen LogP contribution in [0.3, 0.4) is 0 Å². The van der Waals surface area contributed by atoms with Gasteiger partial charge in [-0.2, -0.15) is 0 Å². The summed E-state index contributed by atoms with van der Waals surface area (Å²) >= 11 is 0. The molecule has 0 nitrogen and oxygen atoms in total. The fourth-order valence-electron chi connectivity index (χ4n) is 1.65. The van der Waals surface area contributed by atoms with E-state index in [1.807, 2.05) is 0 Å². The zero-order chi connectivity index (χ0) is 9.80. The molecule has 0 atom stereocenters. The van der Waals surface area contributed by atoms with Crippen molar-refractivity contribution >= 4 is 19.9 Å². The van der Waals surface area contributed by atoms with Crippen LogP contribution in [0.25, 0.3) is 0 Å². The van der Waals surface area contributed by atoms with Crippen LogP contribution in [-0.4, -0.2) is 9.52 Å². The molecule has 0 aliphatic heterocycles. The molecule has 0 fully saturated rings. The van der Waals surface area contributed by atoms with E-state index in [-0.39, 0.29) is 9.52 Å². The quantitative estimate of drug-likeness (QED) is 0.634. The lowest BCUT2D eigenvalue weighted by atomic mass is 10.2. The molecular formula is C13H14Si. The Hall–Kier alpha value is -1.34. The first-order valence-electron chi connectivity index (χ1n) is 4.94. The average Bonchev–Trinajstić information content (AvgIpc) is 2.19. The first-order chi connectivity index (χ1) is 6.84. The summed E-state index contributed by atoms with van der Waals surface area (Å²) < 4.78 is 0. The van der Waals surface area contributed by atoms with E-state index in [4.69, 9.17) is 0 Å².